The number of piperidine rings is 1. The van der Waals surface area contributed by atoms with E-state index in [0.717, 1.165) is 36.2 Å². The highest BCUT2D eigenvalue weighted by Crippen LogP contribution is 2.29. The average molecular weight is 400 g/mol. The summed E-state index contributed by atoms with van der Waals surface area (Å²) in [5.41, 5.74) is 0. The summed E-state index contributed by atoms with van der Waals surface area (Å²) < 4.78 is 12.3. The molecule has 2 heterocycles. The lowest BCUT2D eigenvalue weighted by atomic mass is 9.96. The number of hydrogen-bond donors (Lipinski definition) is 0. The molecule has 6 heteroatoms. The number of amides is 1. The van der Waals surface area contributed by atoms with Crippen LogP contribution in [0, 0.1) is 5.92 Å². The van der Waals surface area contributed by atoms with Crippen LogP contribution < -0.4 is 0 Å². The molecule has 1 aromatic carbocycles. The van der Waals surface area contributed by atoms with Gasteiger partial charge in [-0.2, -0.15) is 0 Å². The summed E-state index contributed by atoms with van der Waals surface area (Å²) in [5.74, 6) is 1.52. The van der Waals surface area contributed by atoms with E-state index in [1.54, 1.807) is 11.8 Å². The van der Waals surface area contributed by atoms with Crippen molar-refractivity contribution in [1.29, 1.82) is 0 Å². The molecule has 0 spiro atoms. The van der Waals surface area contributed by atoms with Gasteiger partial charge in [0.25, 0.3) is 0 Å². The number of benzene rings is 1. The van der Waals surface area contributed by atoms with Crippen LogP contribution in [0.3, 0.4) is 0 Å². The predicted molar refractivity (Wildman–Crippen MR) is 94.5 cm³/mol. The Morgan fingerprint density at radius 1 is 1.22 bits per heavy atom. The third-order valence-corrected chi connectivity index (χ3v) is 6.36. The van der Waals surface area contributed by atoms with E-state index in [1.165, 1.54) is 4.90 Å². The Morgan fingerprint density at radius 2 is 1.91 bits per heavy atom. The standard InChI is InChI=1S/C17H22BrNO3S/c18-14-3-1-2-4-15(14)23-12-7-16(20)19-8-5-13(6-9-19)17-21-10-11-22-17/h1-4,13,17H,5-12H2. The van der Waals surface area contributed by atoms with Gasteiger partial charge in [-0.25, -0.2) is 0 Å². The van der Waals surface area contributed by atoms with E-state index in [4.69, 9.17) is 9.47 Å². The zero-order valence-corrected chi connectivity index (χ0v) is 15.5. The second-order valence-corrected chi connectivity index (χ2v) is 7.85. The van der Waals surface area contributed by atoms with Crippen LogP contribution in [0.1, 0.15) is 19.3 Å². The first-order chi connectivity index (χ1) is 11.2. The van der Waals surface area contributed by atoms with Gasteiger partial charge in [0.15, 0.2) is 6.29 Å². The third-order valence-electron chi connectivity index (χ3n) is 4.33. The minimum atomic E-state index is -0.0433. The molecule has 1 aromatic rings. The van der Waals surface area contributed by atoms with Crippen molar-refractivity contribution < 1.29 is 14.3 Å². The van der Waals surface area contributed by atoms with Crippen LogP contribution in [0.5, 0.6) is 0 Å². The number of carbonyl (C=O) groups is 1. The lowest BCUT2D eigenvalue weighted by molar-refractivity contribution is -0.136. The van der Waals surface area contributed by atoms with E-state index in [-0.39, 0.29) is 12.2 Å². The van der Waals surface area contributed by atoms with Crippen molar-refractivity contribution in [3.05, 3.63) is 28.7 Å². The van der Waals surface area contributed by atoms with E-state index in [9.17, 15) is 4.79 Å². The Morgan fingerprint density at radius 3 is 2.61 bits per heavy atom. The van der Waals surface area contributed by atoms with Gasteiger partial charge in [0, 0.05) is 40.5 Å². The summed E-state index contributed by atoms with van der Waals surface area (Å²) >= 11 is 5.26. The normalized spacial score (nSPS) is 20.1. The topological polar surface area (TPSA) is 38.8 Å². The van der Waals surface area contributed by atoms with Crippen molar-refractivity contribution in [2.45, 2.75) is 30.4 Å². The lowest BCUT2D eigenvalue weighted by Crippen LogP contribution is -2.41. The Bertz CT molecular complexity index is 528. The Labute approximate surface area is 150 Å². The van der Waals surface area contributed by atoms with Gasteiger partial charge in [0.2, 0.25) is 5.91 Å². The molecule has 0 unspecified atom stereocenters. The van der Waals surface area contributed by atoms with Crippen molar-refractivity contribution in [2.24, 2.45) is 5.92 Å². The fourth-order valence-corrected chi connectivity index (χ4v) is 4.54. The second-order valence-electron chi connectivity index (χ2n) is 5.86. The molecule has 2 saturated heterocycles. The smallest absolute Gasteiger partial charge is 0.223 e. The largest absolute Gasteiger partial charge is 0.350 e. The molecule has 1 amide bonds. The van der Waals surface area contributed by atoms with Crippen LogP contribution in [0.4, 0.5) is 0 Å². The number of rotatable bonds is 5. The van der Waals surface area contributed by atoms with E-state index in [0.29, 0.717) is 25.6 Å². The molecule has 126 valence electrons. The van der Waals surface area contributed by atoms with Gasteiger partial charge in [-0.3, -0.25) is 4.79 Å². The van der Waals surface area contributed by atoms with Crippen molar-refractivity contribution >= 4 is 33.6 Å². The zero-order chi connectivity index (χ0) is 16.1. The number of carbonyl (C=O) groups excluding carboxylic acids is 1. The molecule has 2 aliphatic heterocycles. The maximum Gasteiger partial charge on any atom is 0.223 e. The minimum absolute atomic E-state index is 0.0433. The van der Waals surface area contributed by atoms with Gasteiger partial charge in [0.1, 0.15) is 0 Å². The predicted octanol–water partition coefficient (Wildman–Crippen LogP) is 3.54. The fraction of sp³-hybridized carbons (Fsp3) is 0.588. The molecule has 0 bridgehead atoms. The van der Waals surface area contributed by atoms with Crippen molar-refractivity contribution in [3.8, 4) is 0 Å². The first-order valence-corrected chi connectivity index (χ1v) is 9.90. The summed E-state index contributed by atoms with van der Waals surface area (Å²) in [7, 11) is 0. The van der Waals surface area contributed by atoms with Gasteiger partial charge < -0.3 is 14.4 Å². The number of nitrogens with zero attached hydrogens (tertiary/aromatic N) is 1. The molecule has 2 fully saturated rings. The van der Waals surface area contributed by atoms with Crippen LogP contribution in [0.15, 0.2) is 33.6 Å². The summed E-state index contributed by atoms with van der Waals surface area (Å²) in [4.78, 5) is 15.5. The average Bonchev–Trinajstić information content (AvgIpc) is 3.11. The maximum atomic E-state index is 12.3. The molecule has 0 aromatic heterocycles. The number of halogens is 1. The summed E-state index contributed by atoms with van der Waals surface area (Å²) in [5, 5.41) is 0. The van der Waals surface area contributed by atoms with Crippen molar-refractivity contribution in [3.63, 3.8) is 0 Å². The minimum Gasteiger partial charge on any atom is -0.350 e. The first-order valence-electron chi connectivity index (χ1n) is 8.12. The quantitative estimate of drug-likeness (QED) is 0.709. The summed E-state index contributed by atoms with van der Waals surface area (Å²) in [6.07, 6.45) is 2.51. The lowest BCUT2D eigenvalue weighted by Gasteiger charge is -2.33. The first kappa shape index (κ1) is 17.3. The molecule has 2 aliphatic rings. The van der Waals surface area contributed by atoms with Crippen molar-refractivity contribution in [1.82, 2.24) is 4.90 Å². The number of likely N-dealkylation sites (tertiary alicyclic amines) is 1. The Balaban J connectivity index is 1.38. The molecule has 3 rings (SSSR count). The molecule has 0 N–H and O–H groups in total. The van der Waals surface area contributed by atoms with Crippen LogP contribution >= 0.6 is 27.7 Å². The van der Waals surface area contributed by atoms with E-state index >= 15 is 0 Å². The molecular weight excluding hydrogens is 378 g/mol. The monoisotopic (exact) mass is 399 g/mol. The second kappa shape index (κ2) is 8.51. The highest BCUT2D eigenvalue weighted by atomic mass is 79.9. The van der Waals surface area contributed by atoms with Gasteiger partial charge in [-0.1, -0.05) is 12.1 Å². The highest BCUT2D eigenvalue weighted by molar-refractivity contribution is 9.10. The van der Waals surface area contributed by atoms with E-state index in [2.05, 4.69) is 22.0 Å². The van der Waals surface area contributed by atoms with Crippen molar-refractivity contribution in [2.75, 3.05) is 32.1 Å². The number of hydrogen-bond acceptors (Lipinski definition) is 4. The Hall–Kier alpha value is -0.560. The molecule has 0 radical (unpaired) electrons. The third kappa shape index (κ3) is 4.72. The highest BCUT2D eigenvalue weighted by Gasteiger charge is 2.31. The van der Waals surface area contributed by atoms with Crippen LogP contribution in [-0.4, -0.2) is 49.2 Å². The Kier molecular flexibility index (Phi) is 6.39. The number of ether oxygens (including phenoxy) is 2. The van der Waals surface area contributed by atoms with Gasteiger partial charge in [-0.05, 0) is 40.9 Å². The zero-order valence-electron chi connectivity index (χ0n) is 13.1. The van der Waals surface area contributed by atoms with Crippen LogP contribution in [0.25, 0.3) is 0 Å². The van der Waals surface area contributed by atoms with E-state index < -0.39 is 0 Å². The maximum absolute atomic E-state index is 12.3. The van der Waals surface area contributed by atoms with Crippen LogP contribution in [0.2, 0.25) is 0 Å². The SMILES string of the molecule is O=C(CCSc1ccccc1Br)N1CCC(C2OCCO2)CC1. The molecule has 0 aliphatic carbocycles. The molecule has 0 atom stereocenters. The molecule has 0 saturated carbocycles. The fourth-order valence-electron chi connectivity index (χ4n) is 3.04. The number of thioether (sulfide) groups is 1. The van der Waals surface area contributed by atoms with Gasteiger partial charge in [-0.15, -0.1) is 11.8 Å². The molecule has 4 nitrogen and oxygen atoms in total. The van der Waals surface area contributed by atoms with Gasteiger partial charge >= 0.3 is 0 Å². The molecular formula is C17H22BrNO3S. The van der Waals surface area contributed by atoms with Gasteiger partial charge in [0.05, 0.1) is 13.2 Å². The van der Waals surface area contributed by atoms with Crippen LogP contribution in [-0.2, 0) is 14.3 Å². The summed E-state index contributed by atoms with van der Waals surface area (Å²) in [6, 6.07) is 8.13. The summed E-state index contributed by atoms with van der Waals surface area (Å²) in [6.45, 7) is 3.06. The van der Waals surface area contributed by atoms with E-state index in [1.807, 2.05) is 23.1 Å². The molecule has 23 heavy (non-hydrogen) atoms.